The van der Waals surface area contributed by atoms with Gasteiger partial charge in [0.1, 0.15) is 11.6 Å². The van der Waals surface area contributed by atoms with Gasteiger partial charge < -0.3 is 9.84 Å². The van der Waals surface area contributed by atoms with Gasteiger partial charge in [-0.2, -0.15) is 10.5 Å². The summed E-state index contributed by atoms with van der Waals surface area (Å²) in [4.78, 5) is 22.0. The van der Waals surface area contributed by atoms with E-state index in [1.165, 1.54) is 24.3 Å². The van der Waals surface area contributed by atoms with Gasteiger partial charge in [-0.15, -0.1) is 0 Å². The molecule has 0 unspecified atom stereocenters. The Morgan fingerprint density at radius 1 is 1.36 bits per heavy atom. The second-order valence-corrected chi connectivity index (χ2v) is 4.02. The smallest absolute Gasteiger partial charge is 0.348 e. The van der Waals surface area contributed by atoms with Crippen LogP contribution in [0.5, 0.6) is 0 Å². The number of benzene rings is 1. The number of carboxylic acid groups (broad SMARTS) is 1. The highest BCUT2D eigenvalue weighted by atomic mass is 16.5. The van der Waals surface area contributed by atoms with Crippen LogP contribution in [0.15, 0.2) is 29.8 Å². The Hall–Kier alpha value is -3.38. The summed E-state index contributed by atoms with van der Waals surface area (Å²) in [5, 5.41) is 26.6. The molecule has 0 radical (unpaired) electrons. The quantitative estimate of drug-likeness (QED) is 0.506. The average molecular weight is 296 g/mol. The van der Waals surface area contributed by atoms with Crippen LogP contribution in [0.1, 0.15) is 23.6 Å². The number of rotatable bonds is 5. The predicted octanol–water partition coefficient (Wildman–Crippen LogP) is 2.13. The number of hydrogen-bond acceptors (Lipinski definition) is 5. The summed E-state index contributed by atoms with van der Waals surface area (Å²) in [5.74, 6) is -1.86. The van der Waals surface area contributed by atoms with Crippen molar-refractivity contribution in [2.24, 2.45) is 0 Å². The molecule has 1 aromatic carbocycles. The van der Waals surface area contributed by atoms with Crippen LogP contribution in [-0.4, -0.2) is 23.7 Å². The van der Waals surface area contributed by atoms with Crippen LogP contribution in [0.25, 0.3) is 12.2 Å². The molecule has 0 amide bonds. The molecule has 6 heteroatoms. The largest absolute Gasteiger partial charge is 0.478 e. The van der Waals surface area contributed by atoms with Crippen molar-refractivity contribution in [1.82, 2.24) is 0 Å². The average Bonchev–Trinajstić information content (AvgIpc) is 2.50. The molecule has 0 spiro atoms. The molecule has 6 nitrogen and oxygen atoms in total. The van der Waals surface area contributed by atoms with Crippen LogP contribution in [0.4, 0.5) is 0 Å². The standard InChI is InChI=1S/C16H12N2O4/c1-2-22-16(21)14(10-18)8-11-3-4-12(5-6-15(19)20)13(7-11)9-17/h3-8H,2H2,1H3,(H,19,20). The highest BCUT2D eigenvalue weighted by Gasteiger charge is 2.10. The Bertz CT molecular complexity index is 733. The molecule has 1 aromatic rings. The molecule has 0 heterocycles. The Morgan fingerprint density at radius 2 is 2.09 bits per heavy atom. The number of ether oxygens (including phenoxy) is 1. The molecule has 0 aromatic heterocycles. The molecule has 0 aliphatic rings. The second kappa shape index (κ2) is 8.03. The third kappa shape index (κ3) is 4.62. The van der Waals surface area contributed by atoms with Crippen LogP contribution in [0.2, 0.25) is 0 Å². The summed E-state index contributed by atoms with van der Waals surface area (Å²) in [6.07, 6.45) is 3.53. The molecule has 0 fully saturated rings. The van der Waals surface area contributed by atoms with Crippen molar-refractivity contribution in [1.29, 1.82) is 10.5 Å². The Kier molecular flexibility index (Phi) is 6.09. The van der Waals surface area contributed by atoms with Crippen molar-refractivity contribution >= 4 is 24.1 Å². The van der Waals surface area contributed by atoms with E-state index in [0.717, 1.165) is 6.08 Å². The van der Waals surface area contributed by atoms with E-state index >= 15 is 0 Å². The molecule has 0 saturated heterocycles. The van der Waals surface area contributed by atoms with Gasteiger partial charge in [-0.05, 0) is 36.3 Å². The summed E-state index contributed by atoms with van der Waals surface area (Å²) in [6.45, 7) is 1.78. The summed E-state index contributed by atoms with van der Waals surface area (Å²) in [6, 6.07) is 8.23. The summed E-state index contributed by atoms with van der Waals surface area (Å²) >= 11 is 0. The number of hydrogen-bond donors (Lipinski definition) is 1. The SMILES string of the molecule is CCOC(=O)C(C#N)=Cc1ccc(C=CC(=O)O)c(C#N)c1. The van der Waals surface area contributed by atoms with Gasteiger partial charge in [0, 0.05) is 6.08 Å². The van der Waals surface area contributed by atoms with Crippen LogP contribution in [-0.2, 0) is 14.3 Å². The first-order chi connectivity index (χ1) is 10.5. The van der Waals surface area contributed by atoms with E-state index in [1.54, 1.807) is 19.1 Å². The molecule has 0 atom stereocenters. The number of carboxylic acids is 1. The third-order valence-corrected chi connectivity index (χ3v) is 2.53. The van der Waals surface area contributed by atoms with Gasteiger partial charge in [0.2, 0.25) is 0 Å². The normalized spacial score (nSPS) is 10.8. The molecule has 0 saturated carbocycles. The number of esters is 1. The molecule has 110 valence electrons. The Labute approximate surface area is 127 Å². The molecule has 0 bridgehead atoms. The molecule has 22 heavy (non-hydrogen) atoms. The summed E-state index contributed by atoms with van der Waals surface area (Å²) in [5.41, 5.74) is 0.942. The van der Waals surface area contributed by atoms with Gasteiger partial charge in [-0.3, -0.25) is 0 Å². The molecule has 0 aliphatic carbocycles. The third-order valence-electron chi connectivity index (χ3n) is 2.53. The fourth-order valence-corrected chi connectivity index (χ4v) is 1.58. The first-order valence-electron chi connectivity index (χ1n) is 6.26. The zero-order chi connectivity index (χ0) is 16.5. The first kappa shape index (κ1) is 16.7. The number of nitriles is 2. The van der Waals surface area contributed by atoms with E-state index in [4.69, 9.17) is 20.4 Å². The summed E-state index contributed by atoms with van der Waals surface area (Å²) < 4.78 is 4.74. The fraction of sp³-hybridized carbons (Fsp3) is 0.125. The second-order valence-electron chi connectivity index (χ2n) is 4.02. The van der Waals surface area contributed by atoms with Crippen molar-refractivity contribution < 1.29 is 19.4 Å². The lowest BCUT2D eigenvalue weighted by Gasteiger charge is -2.02. The van der Waals surface area contributed by atoms with Crippen LogP contribution < -0.4 is 0 Å². The predicted molar refractivity (Wildman–Crippen MR) is 78.0 cm³/mol. The van der Waals surface area contributed by atoms with Crippen molar-refractivity contribution in [3.05, 3.63) is 46.5 Å². The number of carbonyl (C=O) groups is 2. The summed E-state index contributed by atoms with van der Waals surface area (Å²) in [7, 11) is 0. The van der Waals surface area contributed by atoms with Gasteiger partial charge in [0.15, 0.2) is 0 Å². The van der Waals surface area contributed by atoms with Crippen LogP contribution in [0.3, 0.4) is 0 Å². The van der Waals surface area contributed by atoms with Crippen molar-refractivity contribution in [3.8, 4) is 12.1 Å². The monoisotopic (exact) mass is 296 g/mol. The highest BCUT2D eigenvalue weighted by molar-refractivity contribution is 5.98. The molecule has 1 N–H and O–H groups in total. The van der Waals surface area contributed by atoms with E-state index in [2.05, 4.69) is 0 Å². The van der Waals surface area contributed by atoms with Gasteiger partial charge in [-0.25, -0.2) is 9.59 Å². The number of nitrogens with zero attached hydrogens (tertiary/aromatic N) is 2. The Balaban J connectivity index is 3.18. The number of carbonyl (C=O) groups excluding carboxylic acids is 1. The maximum absolute atomic E-state index is 11.5. The lowest BCUT2D eigenvalue weighted by atomic mass is 10.0. The van der Waals surface area contributed by atoms with Gasteiger partial charge in [-0.1, -0.05) is 12.1 Å². The minimum Gasteiger partial charge on any atom is -0.478 e. The Morgan fingerprint density at radius 3 is 2.64 bits per heavy atom. The molecular formula is C16H12N2O4. The minimum atomic E-state index is -1.12. The van der Waals surface area contributed by atoms with E-state index in [9.17, 15) is 9.59 Å². The lowest BCUT2D eigenvalue weighted by Crippen LogP contribution is -2.06. The van der Waals surface area contributed by atoms with Gasteiger partial charge >= 0.3 is 11.9 Å². The minimum absolute atomic E-state index is 0.153. The highest BCUT2D eigenvalue weighted by Crippen LogP contribution is 2.16. The zero-order valence-electron chi connectivity index (χ0n) is 11.7. The lowest BCUT2D eigenvalue weighted by molar-refractivity contribution is -0.138. The van der Waals surface area contributed by atoms with E-state index in [-0.39, 0.29) is 17.7 Å². The molecular weight excluding hydrogens is 284 g/mol. The molecule has 1 rings (SSSR count). The maximum Gasteiger partial charge on any atom is 0.348 e. The van der Waals surface area contributed by atoms with E-state index < -0.39 is 11.9 Å². The first-order valence-corrected chi connectivity index (χ1v) is 6.26. The van der Waals surface area contributed by atoms with Crippen molar-refractivity contribution in [2.75, 3.05) is 6.61 Å². The van der Waals surface area contributed by atoms with E-state index in [0.29, 0.717) is 11.1 Å². The van der Waals surface area contributed by atoms with Gasteiger partial charge in [0.25, 0.3) is 0 Å². The van der Waals surface area contributed by atoms with Crippen molar-refractivity contribution in [2.45, 2.75) is 6.92 Å². The number of aliphatic carboxylic acids is 1. The maximum atomic E-state index is 11.5. The van der Waals surface area contributed by atoms with Gasteiger partial charge in [0.05, 0.1) is 18.2 Å². The van der Waals surface area contributed by atoms with Crippen LogP contribution >= 0.6 is 0 Å². The van der Waals surface area contributed by atoms with E-state index in [1.807, 2.05) is 6.07 Å². The topological polar surface area (TPSA) is 111 Å². The van der Waals surface area contributed by atoms with Crippen molar-refractivity contribution in [3.63, 3.8) is 0 Å². The van der Waals surface area contributed by atoms with Crippen LogP contribution in [0, 0.1) is 22.7 Å². The zero-order valence-corrected chi connectivity index (χ0v) is 11.7. The fourth-order valence-electron chi connectivity index (χ4n) is 1.58. The molecule has 0 aliphatic heterocycles.